The molecule has 0 aromatic carbocycles. The second kappa shape index (κ2) is 6.51. The van der Waals surface area contributed by atoms with Crippen LogP contribution in [-0.4, -0.2) is 63.8 Å². The van der Waals surface area contributed by atoms with Crippen LogP contribution >= 0.6 is 0 Å². The fraction of sp³-hybridized carbons (Fsp3) is 0.462. The summed E-state index contributed by atoms with van der Waals surface area (Å²) in [6.07, 6.45) is 5.02. The number of nitrogen functional groups attached to an aromatic ring is 1. The molecule has 3 rings (SSSR count). The molecule has 0 bridgehead atoms. The van der Waals surface area contributed by atoms with Gasteiger partial charge in [-0.3, -0.25) is 9.47 Å². The zero-order valence-electron chi connectivity index (χ0n) is 11.8. The Hall–Kier alpha value is -2.19. The lowest BCUT2D eigenvalue weighted by Crippen LogP contribution is -2.39. The summed E-state index contributed by atoms with van der Waals surface area (Å²) in [5, 5.41) is 3.33. The summed E-state index contributed by atoms with van der Waals surface area (Å²) in [4.78, 5) is 14.8. The fourth-order valence-corrected chi connectivity index (χ4v) is 2.26. The lowest BCUT2D eigenvalue weighted by atomic mass is 10.4. The van der Waals surface area contributed by atoms with Crippen LogP contribution in [0, 0.1) is 0 Å². The minimum atomic E-state index is 0.438. The smallest absolute Gasteiger partial charge is 0.208 e. The van der Waals surface area contributed by atoms with Gasteiger partial charge in [-0.15, -0.1) is 0 Å². The quantitative estimate of drug-likeness (QED) is 0.799. The van der Waals surface area contributed by atoms with Crippen molar-refractivity contribution in [2.75, 3.05) is 50.4 Å². The molecule has 2 aromatic heterocycles. The Morgan fingerprint density at radius 2 is 2.10 bits per heavy atom. The third-order valence-electron chi connectivity index (χ3n) is 3.38. The summed E-state index contributed by atoms with van der Waals surface area (Å²) in [6.45, 7) is 5.38. The summed E-state index contributed by atoms with van der Waals surface area (Å²) in [5.41, 5.74) is 5.69. The predicted octanol–water partition coefficient (Wildman–Crippen LogP) is -0.0114. The first-order chi connectivity index (χ1) is 10.3. The molecular weight excluding hydrogens is 270 g/mol. The van der Waals surface area contributed by atoms with Gasteiger partial charge in [-0.2, -0.15) is 0 Å². The van der Waals surface area contributed by atoms with Gasteiger partial charge in [0, 0.05) is 44.6 Å². The monoisotopic (exact) mass is 289 g/mol. The third kappa shape index (κ3) is 3.47. The van der Waals surface area contributed by atoms with Crippen molar-refractivity contribution in [1.29, 1.82) is 0 Å². The van der Waals surface area contributed by atoms with Gasteiger partial charge in [-0.25, -0.2) is 15.0 Å². The Labute approximate surface area is 123 Å². The molecule has 0 atom stereocenters. The van der Waals surface area contributed by atoms with E-state index in [-0.39, 0.29) is 0 Å². The van der Waals surface area contributed by atoms with Gasteiger partial charge in [-0.05, 0) is 0 Å². The molecule has 1 saturated heterocycles. The van der Waals surface area contributed by atoms with Crippen LogP contribution < -0.4 is 11.1 Å². The number of hydrogen-bond donors (Lipinski definition) is 2. The topological polar surface area (TPSA) is 94.1 Å². The number of hydrogen-bond acceptors (Lipinski definition) is 7. The van der Waals surface area contributed by atoms with Crippen molar-refractivity contribution in [3.63, 3.8) is 0 Å². The molecule has 0 spiro atoms. The fourth-order valence-electron chi connectivity index (χ4n) is 2.26. The van der Waals surface area contributed by atoms with E-state index in [0.29, 0.717) is 11.6 Å². The lowest BCUT2D eigenvalue weighted by molar-refractivity contribution is 0.0398. The highest BCUT2D eigenvalue weighted by molar-refractivity contribution is 5.42. The molecule has 0 saturated carbocycles. The van der Waals surface area contributed by atoms with Gasteiger partial charge < -0.3 is 15.8 Å². The average Bonchev–Trinajstić information content (AvgIpc) is 2.97. The zero-order valence-corrected chi connectivity index (χ0v) is 11.8. The first-order valence-electron chi connectivity index (χ1n) is 6.98. The second-order valence-corrected chi connectivity index (χ2v) is 4.80. The number of nitrogens with one attached hydrogen (secondary N) is 1. The summed E-state index contributed by atoms with van der Waals surface area (Å²) < 4.78 is 7.19. The van der Waals surface area contributed by atoms with Gasteiger partial charge in [0.2, 0.25) is 5.95 Å². The molecule has 112 valence electrons. The number of rotatable bonds is 5. The summed E-state index contributed by atoms with van der Waals surface area (Å²) in [6, 6.07) is 1.72. The van der Waals surface area contributed by atoms with E-state index in [0.717, 1.165) is 45.3 Å². The van der Waals surface area contributed by atoms with E-state index in [1.165, 1.54) is 6.33 Å². The van der Waals surface area contributed by atoms with Crippen LogP contribution in [0.1, 0.15) is 0 Å². The van der Waals surface area contributed by atoms with E-state index < -0.39 is 0 Å². The van der Waals surface area contributed by atoms with Crippen molar-refractivity contribution in [3.8, 4) is 5.82 Å². The minimum absolute atomic E-state index is 0.438. The maximum absolute atomic E-state index is 5.69. The third-order valence-corrected chi connectivity index (χ3v) is 3.38. The zero-order chi connectivity index (χ0) is 14.5. The SMILES string of the molecule is Nc1cc(-n2ccnc2NCCN2CCOCC2)ncn1. The van der Waals surface area contributed by atoms with Gasteiger partial charge in [0.05, 0.1) is 13.2 Å². The van der Waals surface area contributed by atoms with Crippen LogP contribution in [-0.2, 0) is 4.74 Å². The van der Waals surface area contributed by atoms with Crippen LogP contribution in [0.15, 0.2) is 24.8 Å². The Kier molecular flexibility index (Phi) is 4.27. The van der Waals surface area contributed by atoms with Crippen molar-refractivity contribution in [2.24, 2.45) is 0 Å². The van der Waals surface area contributed by atoms with Crippen LogP contribution in [0.4, 0.5) is 11.8 Å². The van der Waals surface area contributed by atoms with Crippen molar-refractivity contribution in [1.82, 2.24) is 24.4 Å². The molecule has 0 aliphatic carbocycles. The molecule has 3 heterocycles. The first-order valence-corrected chi connectivity index (χ1v) is 6.98. The molecule has 8 nitrogen and oxygen atoms in total. The van der Waals surface area contributed by atoms with Crippen molar-refractivity contribution in [3.05, 3.63) is 24.8 Å². The molecule has 1 aliphatic heterocycles. The molecular formula is C13H19N7O. The standard InChI is InChI=1S/C13H19N7O/c14-11-9-12(18-10-17-11)20-4-2-16-13(20)15-1-3-19-5-7-21-8-6-19/h2,4,9-10H,1,3,5-8H2,(H,15,16)(H2,14,17,18). The molecule has 0 amide bonds. The number of ether oxygens (including phenoxy) is 1. The number of nitrogens with two attached hydrogens (primary N) is 1. The van der Waals surface area contributed by atoms with Crippen LogP contribution in [0.3, 0.4) is 0 Å². The Morgan fingerprint density at radius 3 is 2.90 bits per heavy atom. The normalized spacial score (nSPS) is 16.0. The highest BCUT2D eigenvalue weighted by atomic mass is 16.5. The van der Waals surface area contributed by atoms with Gasteiger partial charge in [0.15, 0.2) is 0 Å². The van der Waals surface area contributed by atoms with Crippen molar-refractivity contribution >= 4 is 11.8 Å². The lowest BCUT2D eigenvalue weighted by Gasteiger charge is -2.26. The van der Waals surface area contributed by atoms with Gasteiger partial charge in [-0.1, -0.05) is 0 Å². The molecule has 3 N–H and O–H groups in total. The van der Waals surface area contributed by atoms with Crippen molar-refractivity contribution in [2.45, 2.75) is 0 Å². The second-order valence-electron chi connectivity index (χ2n) is 4.80. The van der Waals surface area contributed by atoms with E-state index in [2.05, 4.69) is 25.2 Å². The molecule has 1 fully saturated rings. The molecule has 0 unspecified atom stereocenters. The molecule has 2 aromatic rings. The predicted molar refractivity (Wildman–Crippen MR) is 79.3 cm³/mol. The summed E-state index contributed by atoms with van der Waals surface area (Å²) >= 11 is 0. The van der Waals surface area contributed by atoms with E-state index in [1.807, 2.05) is 10.8 Å². The highest BCUT2D eigenvalue weighted by Gasteiger charge is 2.11. The Balaban J connectivity index is 1.60. The largest absolute Gasteiger partial charge is 0.384 e. The van der Waals surface area contributed by atoms with Crippen LogP contribution in [0.25, 0.3) is 5.82 Å². The highest BCUT2D eigenvalue weighted by Crippen LogP contribution is 2.12. The van der Waals surface area contributed by atoms with E-state index >= 15 is 0 Å². The van der Waals surface area contributed by atoms with Gasteiger partial charge in [0.1, 0.15) is 18.0 Å². The van der Waals surface area contributed by atoms with Crippen molar-refractivity contribution < 1.29 is 4.74 Å². The van der Waals surface area contributed by atoms with E-state index in [4.69, 9.17) is 10.5 Å². The number of aromatic nitrogens is 4. The molecule has 0 radical (unpaired) electrons. The summed E-state index contributed by atoms with van der Waals surface area (Å²) in [5.74, 6) is 1.89. The number of morpholine rings is 1. The first kappa shape index (κ1) is 13.8. The molecule has 1 aliphatic rings. The molecule has 8 heteroatoms. The number of imidazole rings is 1. The van der Waals surface area contributed by atoms with Gasteiger partial charge in [0.25, 0.3) is 0 Å². The minimum Gasteiger partial charge on any atom is -0.384 e. The number of anilines is 2. The van der Waals surface area contributed by atoms with Gasteiger partial charge >= 0.3 is 0 Å². The van der Waals surface area contributed by atoms with Crippen LogP contribution in [0.2, 0.25) is 0 Å². The Bertz CT molecular complexity index is 579. The van der Waals surface area contributed by atoms with Crippen LogP contribution in [0.5, 0.6) is 0 Å². The van der Waals surface area contributed by atoms with E-state index in [1.54, 1.807) is 12.3 Å². The maximum atomic E-state index is 5.69. The van der Waals surface area contributed by atoms with E-state index in [9.17, 15) is 0 Å². The number of nitrogens with zero attached hydrogens (tertiary/aromatic N) is 5. The average molecular weight is 289 g/mol. The summed E-state index contributed by atoms with van der Waals surface area (Å²) in [7, 11) is 0. The Morgan fingerprint density at radius 1 is 1.24 bits per heavy atom. The molecule has 21 heavy (non-hydrogen) atoms. The maximum Gasteiger partial charge on any atom is 0.208 e.